The van der Waals surface area contributed by atoms with Crippen molar-refractivity contribution in [3.05, 3.63) is 18.0 Å². The Morgan fingerprint density at radius 3 is 2.67 bits per heavy atom. The highest BCUT2D eigenvalue weighted by Gasteiger charge is 2.37. The molecule has 2 saturated heterocycles. The van der Waals surface area contributed by atoms with E-state index in [-0.39, 0.29) is 0 Å². The second kappa shape index (κ2) is 6.93. The number of hydrogen-bond acceptors (Lipinski definition) is 3. The van der Waals surface area contributed by atoms with Gasteiger partial charge in [0.2, 0.25) is 0 Å². The van der Waals surface area contributed by atoms with Crippen LogP contribution >= 0.6 is 0 Å². The number of nitrogens with one attached hydrogen (secondary N) is 1. The van der Waals surface area contributed by atoms with Crippen molar-refractivity contribution in [2.75, 3.05) is 13.1 Å². The molecule has 2 unspecified atom stereocenters. The van der Waals surface area contributed by atoms with Crippen LogP contribution < -0.4 is 5.32 Å². The van der Waals surface area contributed by atoms with Crippen molar-refractivity contribution < 1.29 is 0 Å². The topological polar surface area (TPSA) is 33.1 Å². The molecule has 3 rings (SSSR count). The van der Waals surface area contributed by atoms with Crippen LogP contribution in [0.15, 0.2) is 12.3 Å². The lowest BCUT2D eigenvalue weighted by atomic mass is 9.81. The van der Waals surface area contributed by atoms with Gasteiger partial charge in [-0.05, 0) is 44.7 Å². The molecule has 2 bridgehead atoms. The van der Waals surface area contributed by atoms with Gasteiger partial charge in [0, 0.05) is 50.0 Å². The van der Waals surface area contributed by atoms with E-state index in [0.29, 0.717) is 0 Å². The molecule has 21 heavy (non-hydrogen) atoms. The Bertz CT molecular complexity index is 428. The summed E-state index contributed by atoms with van der Waals surface area (Å²) in [5.41, 5.74) is 1.36. The first kappa shape index (κ1) is 15.0. The fraction of sp³-hybridized carbons (Fsp3) is 0.824. The summed E-state index contributed by atoms with van der Waals surface area (Å²) >= 11 is 0. The second-order valence-electron chi connectivity index (χ2n) is 6.79. The van der Waals surface area contributed by atoms with Crippen LogP contribution in [0.2, 0.25) is 0 Å². The van der Waals surface area contributed by atoms with Gasteiger partial charge < -0.3 is 5.32 Å². The average Bonchev–Trinajstić information content (AvgIpc) is 2.88. The van der Waals surface area contributed by atoms with Crippen LogP contribution in [0.1, 0.15) is 51.1 Å². The third-order valence-electron chi connectivity index (χ3n) is 5.36. The van der Waals surface area contributed by atoms with Crippen molar-refractivity contribution in [3.8, 4) is 0 Å². The quantitative estimate of drug-likeness (QED) is 0.873. The van der Waals surface area contributed by atoms with E-state index < -0.39 is 0 Å². The summed E-state index contributed by atoms with van der Waals surface area (Å²) in [6, 6.07) is 4.53. The van der Waals surface area contributed by atoms with E-state index in [1.807, 2.05) is 10.9 Å². The molecule has 0 amide bonds. The maximum Gasteiger partial charge on any atom is 0.0492 e. The Labute approximate surface area is 128 Å². The number of aryl methyl sites for hydroxylation is 1. The Balaban J connectivity index is 1.57. The Hall–Kier alpha value is -0.870. The first-order valence-electron chi connectivity index (χ1n) is 8.74. The fourth-order valence-electron chi connectivity index (χ4n) is 4.25. The summed E-state index contributed by atoms with van der Waals surface area (Å²) in [7, 11) is 2.05. The van der Waals surface area contributed by atoms with Crippen LogP contribution in [0, 0.1) is 0 Å². The summed E-state index contributed by atoms with van der Waals surface area (Å²) in [5.74, 6) is 0. The van der Waals surface area contributed by atoms with Gasteiger partial charge in [0.1, 0.15) is 0 Å². The standard InChI is InChI=1S/C17H30N4/c1-3-9-18-14-12-16-5-4-6-17(13-14)21(16)11-8-15-7-10-19-20(15)2/h7,10,14,16-18H,3-6,8-9,11-13H2,1-2H3. The molecule has 4 nitrogen and oxygen atoms in total. The van der Waals surface area contributed by atoms with Gasteiger partial charge in [0.05, 0.1) is 0 Å². The molecule has 0 radical (unpaired) electrons. The van der Waals surface area contributed by atoms with E-state index in [4.69, 9.17) is 0 Å². The summed E-state index contributed by atoms with van der Waals surface area (Å²) in [6.07, 6.45) is 11.2. The smallest absolute Gasteiger partial charge is 0.0492 e. The molecule has 118 valence electrons. The van der Waals surface area contributed by atoms with E-state index >= 15 is 0 Å². The van der Waals surface area contributed by atoms with Gasteiger partial charge in [-0.25, -0.2) is 0 Å². The van der Waals surface area contributed by atoms with Crippen molar-refractivity contribution in [1.82, 2.24) is 20.0 Å². The van der Waals surface area contributed by atoms with Crippen LogP contribution in [-0.4, -0.2) is 45.9 Å². The minimum atomic E-state index is 0.758. The maximum atomic E-state index is 4.29. The lowest BCUT2D eigenvalue weighted by Crippen LogP contribution is -2.56. The van der Waals surface area contributed by atoms with E-state index in [2.05, 4.69) is 35.4 Å². The molecule has 2 fully saturated rings. The molecule has 1 aromatic rings. The minimum absolute atomic E-state index is 0.758. The number of fused-ring (bicyclic) bond motifs is 2. The molecule has 1 N–H and O–H groups in total. The number of aromatic nitrogens is 2. The first-order chi connectivity index (χ1) is 10.3. The molecule has 2 atom stereocenters. The van der Waals surface area contributed by atoms with E-state index in [9.17, 15) is 0 Å². The molecule has 2 aliphatic rings. The van der Waals surface area contributed by atoms with Gasteiger partial charge >= 0.3 is 0 Å². The molecule has 1 aromatic heterocycles. The number of rotatable bonds is 6. The molecular weight excluding hydrogens is 260 g/mol. The van der Waals surface area contributed by atoms with Gasteiger partial charge in [-0.1, -0.05) is 13.3 Å². The zero-order valence-electron chi connectivity index (χ0n) is 13.6. The lowest BCUT2D eigenvalue weighted by molar-refractivity contribution is 0.0253. The van der Waals surface area contributed by atoms with E-state index in [1.54, 1.807) is 0 Å². The third kappa shape index (κ3) is 3.49. The van der Waals surface area contributed by atoms with Crippen molar-refractivity contribution in [1.29, 1.82) is 0 Å². The van der Waals surface area contributed by atoms with Crippen LogP contribution in [0.4, 0.5) is 0 Å². The van der Waals surface area contributed by atoms with Gasteiger partial charge in [0.25, 0.3) is 0 Å². The Kier molecular flexibility index (Phi) is 4.96. The summed E-state index contributed by atoms with van der Waals surface area (Å²) in [4.78, 5) is 2.81. The zero-order valence-corrected chi connectivity index (χ0v) is 13.6. The highest BCUT2D eigenvalue weighted by atomic mass is 15.3. The predicted octanol–water partition coefficient (Wildman–Crippen LogP) is 2.35. The predicted molar refractivity (Wildman–Crippen MR) is 86.4 cm³/mol. The molecule has 0 spiro atoms. The maximum absolute atomic E-state index is 4.29. The van der Waals surface area contributed by atoms with Crippen LogP contribution in [0.5, 0.6) is 0 Å². The first-order valence-corrected chi connectivity index (χ1v) is 8.74. The number of piperidine rings is 2. The molecule has 3 heterocycles. The van der Waals surface area contributed by atoms with Gasteiger partial charge in [-0.15, -0.1) is 0 Å². The zero-order chi connectivity index (χ0) is 14.7. The molecule has 0 saturated carbocycles. The second-order valence-corrected chi connectivity index (χ2v) is 6.79. The Morgan fingerprint density at radius 2 is 2.05 bits per heavy atom. The van der Waals surface area contributed by atoms with Crippen LogP contribution in [-0.2, 0) is 13.5 Å². The van der Waals surface area contributed by atoms with Crippen molar-refractivity contribution in [2.45, 2.75) is 70.0 Å². The molecule has 0 aromatic carbocycles. The minimum Gasteiger partial charge on any atom is -0.314 e. The summed E-state index contributed by atoms with van der Waals surface area (Å²) in [6.45, 7) is 4.64. The molecule has 4 heteroatoms. The van der Waals surface area contributed by atoms with Crippen molar-refractivity contribution >= 4 is 0 Å². The highest BCUT2D eigenvalue weighted by molar-refractivity contribution is 5.02. The lowest BCUT2D eigenvalue weighted by Gasteiger charge is -2.49. The van der Waals surface area contributed by atoms with Gasteiger partial charge in [-0.2, -0.15) is 5.10 Å². The molecule has 0 aliphatic carbocycles. The normalized spacial score (nSPS) is 29.7. The monoisotopic (exact) mass is 290 g/mol. The van der Waals surface area contributed by atoms with Crippen molar-refractivity contribution in [3.63, 3.8) is 0 Å². The van der Waals surface area contributed by atoms with Crippen molar-refractivity contribution in [2.24, 2.45) is 7.05 Å². The molecule has 2 aliphatic heterocycles. The van der Waals surface area contributed by atoms with E-state index in [0.717, 1.165) is 24.5 Å². The van der Waals surface area contributed by atoms with Gasteiger partial charge in [0.15, 0.2) is 0 Å². The molecular formula is C17H30N4. The van der Waals surface area contributed by atoms with Gasteiger partial charge in [-0.3, -0.25) is 9.58 Å². The van der Waals surface area contributed by atoms with Crippen LogP contribution in [0.3, 0.4) is 0 Å². The third-order valence-corrected chi connectivity index (χ3v) is 5.36. The number of hydrogen-bond donors (Lipinski definition) is 1. The summed E-state index contributed by atoms with van der Waals surface area (Å²) < 4.78 is 2.02. The number of nitrogens with zero attached hydrogens (tertiary/aromatic N) is 3. The Morgan fingerprint density at radius 1 is 1.29 bits per heavy atom. The SMILES string of the molecule is CCCNC1CC2CCCC(C1)N2CCc1ccnn1C. The average molecular weight is 290 g/mol. The van der Waals surface area contributed by atoms with E-state index in [1.165, 1.54) is 57.3 Å². The summed E-state index contributed by atoms with van der Waals surface area (Å²) in [5, 5.41) is 8.04. The fourth-order valence-corrected chi connectivity index (χ4v) is 4.25. The highest BCUT2D eigenvalue weighted by Crippen LogP contribution is 2.34. The largest absolute Gasteiger partial charge is 0.314 e. The van der Waals surface area contributed by atoms with Crippen LogP contribution in [0.25, 0.3) is 0 Å².